The van der Waals surface area contributed by atoms with E-state index in [0.717, 1.165) is 84.0 Å². The minimum Gasteiger partial charge on any atom is -0.469 e. The molecule has 0 aliphatic carbocycles. The molecule has 1 saturated heterocycles. The zero-order valence-corrected chi connectivity index (χ0v) is 17.5. The fourth-order valence-corrected chi connectivity index (χ4v) is 3.62. The lowest BCUT2D eigenvalue weighted by Gasteiger charge is -2.32. The van der Waals surface area contributed by atoms with Crippen LogP contribution >= 0.6 is 0 Å². The predicted octanol–water partition coefficient (Wildman–Crippen LogP) is 2.85. The lowest BCUT2D eigenvalue weighted by molar-refractivity contribution is -0.140. The van der Waals surface area contributed by atoms with Gasteiger partial charge in [0, 0.05) is 32.0 Å². The van der Waals surface area contributed by atoms with Crippen molar-refractivity contribution in [2.75, 3.05) is 33.3 Å². The van der Waals surface area contributed by atoms with Gasteiger partial charge < -0.3 is 20.7 Å². The van der Waals surface area contributed by atoms with Crippen LogP contribution in [0.1, 0.15) is 77.6 Å². The summed E-state index contributed by atoms with van der Waals surface area (Å²) in [5.41, 5.74) is 5.95. The Kier molecular flexibility index (Phi) is 13.2. The average Bonchev–Trinajstić information content (AvgIpc) is 2.65. The molecule has 6 nitrogen and oxygen atoms in total. The minimum atomic E-state index is -0.128. The monoisotopic (exact) mass is 383 g/mol. The Hall–Kier alpha value is -1.14. The topological polar surface area (TPSA) is 84.7 Å². The number of nitrogens with zero attached hydrogens (tertiary/aromatic N) is 1. The molecule has 0 aromatic heterocycles. The number of hydrogen-bond donors (Lipinski definition) is 2. The van der Waals surface area contributed by atoms with E-state index < -0.39 is 0 Å². The fourth-order valence-electron chi connectivity index (χ4n) is 3.62. The second kappa shape index (κ2) is 14.9. The average molecular weight is 384 g/mol. The molecule has 0 aromatic rings. The number of likely N-dealkylation sites (tertiary alicyclic amines) is 1. The van der Waals surface area contributed by atoms with Crippen molar-refractivity contribution in [1.82, 2.24) is 10.2 Å². The summed E-state index contributed by atoms with van der Waals surface area (Å²) in [6.45, 7) is 6.42. The van der Waals surface area contributed by atoms with Crippen LogP contribution in [-0.4, -0.2) is 56.1 Å². The third kappa shape index (κ3) is 12.8. The molecule has 1 amide bonds. The first-order chi connectivity index (χ1) is 13.0. The zero-order chi connectivity index (χ0) is 19.9. The maximum absolute atomic E-state index is 11.9. The van der Waals surface area contributed by atoms with Gasteiger partial charge in [0.1, 0.15) is 0 Å². The molecular formula is C21H41N3O3. The molecule has 0 saturated carbocycles. The number of amides is 1. The number of unbranched alkanes of at least 4 members (excludes halogenated alkanes) is 4. The highest BCUT2D eigenvalue weighted by molar-refractivity contribution is 5.75. The SMILES string of the molecule is COC(=O)CCCCCCCNC(=O)CCCC(C)CN1CCC(N)CC1. The van der Waals surface area contributed by atoms with Gasteiger partial charge in [0.15, 0.2) is 0 Å². The van der Waals surface area contributed by atoms with Crippen molar-refractivity contribution in [2.45, 2.75) is 83.6 Å². The van der Waals surface area contributed by atoms with E-state index in [1.165, 1.54) is 7.11 Å². The lowest BCUT2D eigenvalue weighted by Crippen LogP contribution is -2.41. The molecule has 1 atom stereocenters. The van der Waals surface area contributed by atoms with Gasteiger partial charge in [-0.1, -0.05) is 26.2 Å². The Morgan fingerprint density at radius 2 is 1.74 bits per heavy atom. The summed E-state index contributed by atoms with van der Waals surface area (Å²) in [5, 5.41) is 3.02. The van der Waals surface area contributed by atoms with E-state index >= 15 is 0 Å². The quantitative estimate of drug-likeness (QED) is 0.356. The van der Waals surface area contributed by atoms with Gasteiger partial charge >= 0.3 is 5.97 Å². The van der Waals surface area contributed by atoms with Crippen LogP contribution in [0.4, 0.5) is 0 Å². The van der Waals surface area contributed by atoms with Crippen LogP contribution in [0.5, 0.6) is 0 Å². The second-order valence-corrected chi connectivity index (χ2v) is 8.08. The maximum Gasteiger partial charge on any atom is 0.305 e. The largest absolute Gasteiger partial charge is 0.469 e. The molecule has 6 heteroatoms. The van der Waals surface area contributed by atoms with Crippen LogP contribution in [0.15, 0.2) is 0 Å². The molecular weight excluding hydrogens is 342 g/mol. The van der Waals surface area contributed by atoms with E-state index in [9.17, 15) is 9.59 Å². The Morgan fingerprint density at radius 3 is 2.44 bits per heavy atom. The molecule has 0 spiro atoms. The standard InChI is InChI=1S/C21H41N3O3/c1-18(17-24-15-12-19(22)13-16-24)9-8-10-20(25)23-14-7-5-3-4-6-11-21(26)27-2/h18-19H,3-17,22H2,1-2H3,(H,23,25). The molecule has 1 aliphatic rings. The van der Waals surface area contributed by atoms with E-state index in [1.807, 2.05) is 0 Å². The molecule has 1 unspecified atom stereocenters. The van der Waals surface area contributed by atoms with Crippen LogP contribution in [0.2, 0.25) is 0 Å². The number of carbonyl (C=O) groups is 2. The second-order valence-electron chi connectivity index (χ2n) is 8.08. The summed E-state index contributed by atoms with van der Waals surface area (Å²) in [6.07, 6.45) is 10.6. The first kappa shape index (κ1) is 23.9. The lowest BCUT2D eigenvalue weighted by atomic mass is 10.0. The van der Waals surface area contributed by atoms with Crippen LogP contribution in [-0.2, 0) is 14.3 Å². The van der Waals surface area contributed by atoms with E-state index in [2.05, 4.69) is 21.9 Å². The number of nitrogens with two attached hydrogens (primary N) is 1. The molecule has 27 heavy (non-hydrogen) atoms. The molecule has 1 rings (SSSR count). The number of nitrogens with one attached hydrogen (secondary N) is 1. The molecule has 1 heterocycles. The first-order valence-corrected chi connectivity index (χ1v) is 10.8. The molecule has 0 bridgehead atoms. The third-order valence-electron chi connectivity index (χ3n) is 5.41. The summed E-state index contributed by atoms with van der Waals surface area (Å²) in [7, 11) is 1.43. The van der Waals surface area contributed by atoms with Gasteiger partial charge in [0.05, 0.1) is 7.11 Å². The van der Waals surface area contributed by atoms with Gasteiger partial charge in [0.2, 0.25) is 5.91 Å². The van der Waals surface area contributed by atoms with Crippen molar-refractivity contribution in [1.29, 1.82) is 0 Å². The third-order valence-corrected chi connectivity index (χ3v) is 5.41. The van der Waals surface area contributed by atoms with Crippen molar-refractivity contribution in [3.8, 4) is 0 Å². The van der Waals surface area contributed by atoms with Gasteiger partial charge in [-0.3, -0.25) is 9.59 Å². The van der Waals surface area contributed by atoms with Crippen molar-refractivity contribution in [2.24, 2.45) is 11.7 Å². The number of rotatable bonds is 14. The van der Waals surface area contributed by atoms with Crippen molar-refractivity contribution in [3.05, 3.63) is 0 Å². The number of esters is 1. The summed E-state index contributed by atoms with van der Waals surface area (Å²) >= 11 is 0. The number of hydrogen-bond acceptors (Lipinski definition) is 5. The van der Waals surface area contributed by atoms with E-state index in [0.29, 0.717) is 24.8 Å². The number of methoxy groups -OCH3 is 1. The normalized spacial score (nSPS) is 16.9. The van der Waals surface area contributed by atoms with Gasteiger partial charge in [-0.05, 0) is 57.5 Å². The molecule has 3 N–H and O–H groups in total. The smallest absolute Gasteiger partial charge is 0.305 e. The molecule has 0 radical (unpaired) electrons. The Balaban J connectivity index is 1.90. The maximum atomic E-state index is 11.9. The molecule has 1 aliphatic heterocycles. The minimum absolute atomic E-state index is 0.128. The highest BCUT2D eigenvalue weighted by atomic mass is 16.5. The molecule has 0 aromatic carbocycles. The number of ether oxygens (including phenoxy) is 1. The van der Waals surface area contributed by atoms with E-state index in [-0.39, 0.29) is 11.9 Å². The van der Waals surface area contributed by atoms with Gasteiger partial charge in [-0.2, -0.15) is 0 Å². The van der Waals surface area contributed by atoms with Crippen LogP contribution in [0, 0.1) is 5.92 Å². The summed E-state index contributed by atoms with van der Waals surface area (Å²) in [5.74, 6) is 0.686. The summed E-state index contributed by atoms with van der Waals surface area (Å²) < 4.78 is 4.62. The Bertz CT molecular complexity index is 409. The Morgan fingerprint density at radius 1 is 1.07 bits per heavy atom. The Labute approximate surface area is 165 Å². The van der Waals surface area contributed by atoms with Crippen LogP contribution in [0.25, 0.3) is 0 Å². The fraction of sp³-hybridized carbons (Fsp3) is 0.905. The van der Waals surface area contributed by atoms with Crippen LogP contribution in [0.3, 0.4) is 0 Å². The molecule has 1 fully saturated rings. The highest BCUT2D eigenvalue weighted by Gasteiger charge is 2.17. The predicted molar refractivity (Wildman–Crippen MR) is 109 cm³/mol. The van der Waals surface area contributed by atoms with Gasteiger partial charge in [-0.15, -0.1) is 0 Å². The summed E-state index contributed by atoms with van der Waals surface area (Å²) in [6, 6.07) is 0.389. The first-order valence-electron chi connectivity index (χ1n) is 10.8. The van der Waals surface area contributed by atoms with Gasteiger partial charge in [0.25, 0.3) is 0 Å². The highest BCUT2D eigenvalue weighted by Crippen LogP contribution is 2.14. The van der Waals surface area contributed by atoms with Crippen molar-refractivity contribution >= 4 is 11.9 Å². The summed E-state index contributed by atoms with van der Waals surface area (Å²) in [4.78, 5) is 25.4. The zero-order valence-electron chi connectivity index (χ0n) is 17.5. The molecule has 158 valence electrons. The number of piperidine rings is 1. The van der Waals surface area contributed by atoms with Gasteiger partial charge in [-0.25, -0.2) is 0 Å². The number of carbonyl (C=O) groups excluding carboxylic acids is 2. The van der Waals surface area contributed by atoms with Crippen molar-refractivity contribution < 1.29 is 14.3 Å². The van der Waals surface area contributed by atoms with Crippen molar-refractivity contribution in [3.63, 3.8) is 0 Å². The van der Waals surface area contributed by atoms with E-state index in [1.54, 1.807) is 0 Å². The van der Waals surface area contributed by atoms with Crippen LogP contribution < -0.4 is 11.1 Å². The van der Waals surface area contributed by atoms with E-state index in [4.69, 9.17) is 5.73 Å².